The first kappa shape index (κ1) is 16.2. The Kier molecular flexibility index (Phi) is 4.53. The van der Waals surface area contributed by atoms with Crippen molar-refractivity contribution in [3.05, 3.63) is 34.5 Å². The van der Waals surface area contributed by atoms with Gasteiger partial charge in [0.1, 0.15) is 0 Å². The second-order valence-corrected chi connectivity index (χ2v) is 7.00. The Morgan fingerprint density at radius 1 is 1.43 bits per heavy atom. The van der Waals surface area contributed by atoms with Gasteiger partial charge in [0.2, 0.25) is 0 Å². The van der Waals surface area contributed by atoms with E-state index in [4.69, 9.17) is 11.6 Å². The molecule has 124 valence electrons. The van der Waals surface area contributed by atoms with Crippen molar-refractivity contribution in [2.24, 2.45) is 5.92 Å². The molecular formula is C18H24ClN3O. The van der Waals surface area contributed by atoms with Crippen LogP contribution in [0.5, 0.6) is 0 Å². The van der Waals surface area contributed by atoms with Crippen molar-refractivity contribution in [3.63, 3.8) is 0 Å². The average molecular weight is 334 g/mol. The number of aromatic nitrogens is 1. The predicted octanol–water partition coefficient (Wildman–Crippen LogP) is 4.32. The van der Waals surface area contributed by atoms with Gasteiger partial charge in [-0.25, -0.2) is 4.79 Å². The summed E-state index contributed by atoms with van der Waals surface area (Å²) < 4.78 is 0. The molecule has 0 saturated heterocycles. The van der Waals surface area contributed by atoms with Crippen LogP contribution in [-0.2, 0) is 13.0 Å². The normalized spacial score (nSPS) is 17.0. The lowest BCUT2D eigenvalue weighted by Crippen LogP contribution is -2.47. The maximum Gasteiger partial charge on any atom is 0.317 e. The van der Waals surface area contributed by atoms with Crippen LogP contribution in [-0.4, -0.2) is 28.5 Å². The highest BCUT2D eigenvalue weighted by molar-refractivity contribution is 6.31. The smallest absolute Gasteiger partial charge is 0.317 e. The van der Waals surface area contributed by atoms with Gasteiger partial charge in [-0.15, -0.1) is 0 Å². The molecule has 0 saturated carbocycles. The number of nitrogens with zero attached hydrogens (tertiary/aromatic N) is 1. The topological polar surface area (TPSA) is 48.1 Å². The maximum atomic E-state index is 12.5. The number of rotatable bonds is 3. The van der Waals surface area contributed by atoms with E-state index < -0.39 is 0 Å². The number of fused-ring (bicyclic) bond motifs is 3. The molecule has 2 aromatic rings. The molecule has 5 heteroatoms. The number of benzene rings is 1. The van der Waals surface area contributed by atoms with Crippen molar-refractivity contribution in [1.29, 1.82) is 0 Å². The lowest BCUT2D eigenvalue weighted by Gasteiger charge is -2.30. The van der Waals surface area contributed by atoms with Crippen LogP contribution >= 0.6 is 11.6 Å². The van der Waals surface area contributed by atoms with Gasteiger partial charge in [-0.05, 0) is 31.0 Å². The fraction of sp³-hybridized carbons (Fsp3) is 0.500. The van der Waals surface area contributed by atoms with Crippen LogP contribution in [0.2, 0.25) is 5.02 Å². The van der Waals surface area contributed by atoms with E-state index in [2.05, 4.69) is 31.1 Å². The van der Waals surface area contributed by atoms with Gasteiger partial charge in [0.15, 0.2) is 0 Å². The lowest BCUT2D eigenvalue weighted by atomic mass is 10.0. The fourth-order valence-corrected chi connectivity index (χ4v) is 3.31. The number of nitrogens with one attached hydrogen (secondary N) is 2. The van der Waals surface area contributed by atoms with Crippen LogP contribution in [0.15, 0.2) is 18.2 Å². The molecular weight excluding hydrogens is 310 g/mol. The van der Waals surface area contributed by atoms with Gasteiger partial charge in [-0.3, -0.25) is 0 Å². The molecule has 2 unspecified atom stereocenters. The van der Waals surface area contributed by atoms with Crippen molar-refractivity contribution in [2.45, 2.75) is 46.2 Å². The SMILES string of the molecule is CCC(C)C(C)NC(=O)N1CCc2[nH]c3ccc(Cl)cc3c2C1. The van der Waals surface area contributed by atoms with Gasteiger partial charge in [0.05, 0.1) is 0 Å². The number of carbonyl (C=O) groups excluding carboxylic acids is 1. The zero-order chi connectivity index (χ0) is 16.6. The highest BCUT2D eigenvalue weighted by atomic mass is 35.5. The molecule has 0 bridgehead atoms. The van der Waals surface area contributed by atoms with E-state index in [0.717, 1.165) is 35.3 Å². The number of urea groups is 1. The van der Waals surface area contributed by atoms with E-state index in [-0.39, 0.29) is 12.1 Å². The van der Waals surface area contributed by atoms with Gasteiger partial charge in [0.25, 0.3) is 0 Å². The summed E-state index contributed by atoms with van der Waals surface area (Å²) in [6.07, 6.45) is 1.92. The summed E-state index contributed by atoms with van der Waals surface area (Å²) in [6.45, 7) is 7.77. The Labute approximate surface area is 142 Å². The van der Waals surface area contributed by atoms with Gasteiger partial charge >= 0.3 is 6.03 Å². The van der Waals surface area contributed by atoms with Crippen LogP contribution in [0.25, 0.3) is 10.9 Å². The van der Waals surface area contributed by atoms with Crippen molar-refractivity contribution in [1.82, 2.24) is 15.2 Å². The molecule has 0 aliphatic carbocycles. The molecule has 2 atom stereocenters. The van der Waals surface area contributed by atoms with Gasteiger partial charge < -0.3 is 15.2 Å². The van der Waals surface area contributed by atoms with Crippen molar-refractivity contribution in [2.75, 3.05) is 6.54 Å². The van der Waals surface area contributed by atoms with Crippen molar-refractivity contribution in [3.8, 4) is 0 Å². The van der Waals surface area contributed by atoms with Crippen molar-refractivity contribution >= 4 is 28.5 Å². The third-order valence-electron chi connectivity index (χ3n) is 5.07. The van der Waals surface area contributed by atoms with E-state index in [1.165, 1.54) is 11.3 Å². The number of amides is 2. The highest BCUT2D eigenvalue weighted by Crippen LogP contribution is 2.29. The second kappa shape index (κ2) is 6.44. The molecule has 23 heavy (non-hydrogen) atoms. The molecule has 0 fully saturated rings. The van der Waals surface area contributed by atoms with Crippen LogP contribution in [0, 0.1) is 5.92 Å². The summed E-state index contributed by atoms with van der Waals surface area (Å²) in [6, 6.07) is 6.09. The van der Waals surface area contributed by atoms with E-state index in [0.29, 0.717) is 12.5 Å². The van der Waals surface area contributed by atoms with Crippen LogP contribution in [0.4, 0.5) is 4.79 Å². The highest BCUT2D eigenvalue weighted by Gasteiger charge is 2.25. The summed E-state index contributed by atoms with van der Waals surface area (Å²) in [5.74, 6) is 0.478. The Bertz CT molecular complexity index is 724. The number of hydrogen-bond acceptors (Lipinski definition) is 1. The van der Waals surface area contributed by atoms with Crippen LogP contribution < -0.4 is 5.32 Å². The monoisotopic (exact) mass is 333 g/mol. The quantitative estimate of drug-likeness (QED) is 0.863. The molecule has 3 rings (SSSR count). The van der Waals surface area contributed by atoms with Gasteiger partial charge in [-0.1, -0.05) is 31.9 Å². The maximum absolute atomic E-state index is 12.5. The summed E-state index contributed by atoms with van der Waals surface area (Å²) in [5, 5.41) is 4.99. The zero-order valence-electron chi connectivity index (χ0n) is 13.9. The minimum atomic E-state index is 0.0276. The number of carbonyl (C=O) groups is 1. The fourth-order valence-electron chi connectivity index (χ4n) is 3.14. The third kappa shape index (κ3) is 3.18. The Morgan fingerprint density at radius 2 is 2.22 bits per heavy atom. The molecule has 1 aromatic carbocycles. The first-order valence-electron chi connectivity index (χ1n) is 8.34. The Hall–Kier alpha value is -1.68. The standard InChI is InChI=1S/C18H24ClN3O/c1-4-11(2)12(3)20-18(23)22-8-7-17-15(10-22)14-9-13(19)5-6-16(14)21-17/h5-6,9,11-12,21H,4,7-8,10H2,1-3H3,(H,20,23). The Morgan fingerprint density at radius 3 is 2.96 bits per heavy atom. The second-order valence-electron chi connectivity index (χ2n) is 6.57. The molecule has 1 aromatic heterocycles. The number of hydrogen-bond donors (Lipinski definition) is 2. The minimum Gasteiger partial charge on any atom is -0.358 e. The Balaban J connectivity index is 1.78. The average Bonchev–Trinajstić information content (AvgIpc) is 2.90. The summed E-state index contributed by atoms with van der Waals surface area (Å²) >= 11 is 6.13. The number of halogens is 1. The van der Waals surface area contributed by atoms with E-state index >= 15 is 0 Å². The first-order chi connectivity index (χ1) is 11.0. The summed E-state index contributed by atoms with van der Waals surface area (Å²) in [5.41, 5.74) is 3.51. The summed E-state index contributed by atoms with van der Waals surface area (Å²) in [4.78, 5) is 17.9. The molecule has 2 heterocycles. The molecule has 1 aliphatic heterocycles. The van der Waals surface area contributed by atoms with Crippen LogP contribution in [0.3, 0.4) is 0 Å². The molecule has 0 radical (unpaired) electrons. The third-order valence-corrected chi connectivity index (χ3v) is 5.31. The molecule has 2 amide bonds. The molecule has 2 N–H and O–H groups in total. The summed E-state index contributed by atoms with van der Waals surface area (Å²) in [7, 11) is 0. The van der Waals surface area contributed by atoms with Gasteiger partial charge in [0, 0.05) is 52.7 Å². The number of aromatic amines is 1. The lowest BCUT2D eigenvalue weighted by molar-refractivity contribution is 0.185. The zero-order valence-corrected chi connectivity index (χ0v) is 14.7. The van der Waals surface area contributed by atoms with Crippen LogP contribution in [0.1, 0.15) is 38.4 Å². The minimum absolute atomic E-state index is 0.0276. The van der Waals surface area contributed by atoms with Gasteiger partial charge in [-0.2, -0.15) is 0 Å². The largest absolute Gasteiger partial charge is 0.358 e. The first-order valence-corrected chi connectivity index (χ1v) is 8.71. The number of H-pyrrole nitrogens is 1. The van der Waals surface area contributed by atoms with Crippen molar-refractivity contribution < 1.29 is 4.79 Å². The van der Waals surface area contributed by atoms with E-state index in [1.54, 1.807) is 0 Å². The predicted molar refractivity (Wildman–Crippen MR) is 94.9 cm³/mol. The van der Waals surface area contributed by atoms with E-state index in [1.807, 2.05) is 23.1 Å². The van der Waals surface area contributed by atoms with E-state index in [9.17, 15) is 4.79 Å². The molecule has 1 aliphatic rings. The molecule has 0 spiro atoms. The molecule has 4 nitrogen and oxygen atoms in total.